The summed E-state index contributed by atoms with van der Waals surface area (Å²) in [5.74, 6) is 0.614. The minimum atomic E-state index is -0.223. The third-order valence-electron chi connectivity index (χ3n) is 3.34. The summed E-state index contributed by atoms with van der Waals surface area (Å²) in [7, 11) is 3.00. The van der Waals surface area contributed by atoms with Crippen molar-refractivity contribution in [3.8, 4) is 11.5 Å². The van der Waals surface area contributed by atoms with E-state index in [1.165, 1.54) is 14.2 Å². The summed E-state index contributed by atoms with van der Waals surface area (Å²) in [6.45, 7) is 1.93. The summed E-state index contributed by atoms with van der Waals surface area (Å²) in [4.78, 5) is 12.4. The Hall–Kier alpha value is -2.20. The number of hydrogen-bond donors (Lipinski definition) is 1. The summed E-state index contributed by atoms with van der Waals surface area (Å²) in [6, 6.07) is 12.8. The Morgan fingerprint density at radius 2 is 1.82 bits per heavy atom. The number of carbonyl (C=O) groups is 1. The Kier molecular flexibility index (Phi) is 5.28. The maximum atomic E-state index is 12.4. The van der Waals surface area contributed by atoms with Crippen molar-refractivity contribution in [3.05, 3.63) is 58.6 Å². The van der Waals surface area contributed by atoms with Gasteiger partial charge in [-0.25, -0.2) is 0 Å². The van der Waals surface area contributed by atoms with Crippen LogP contribution < -0.4 is 14.8 Å². The predicted molar refractivity (Wildman–Crippen MR) is 86.9 cm³/mol. The molecule has 0 saturated heterocycles. The van der Waals surface area contributed by atoms with Gasteiger partial charge in [0.1, 0.15) is 0 Å². The molecule has 4 nitrogen and oxygen atoms in total. The van der Waals surface area contributed by atoms with E-state index in [4.69, 9.17) is 21.1 Å². The maximum Gasteiger partial charge on any atom is 0.251 e. The van der Waals surface area contributed by atoms with Gasteiger partial charge in [0.25, 0.3) is 5.91 Å². The molecule has 2 rings (SSSR count). The lowest BCUT2D eigenvalue weighted by Gasteiger charge is -2.16. The number of carbonyl (C=O) groups excluding carboxylic acids is 1. The molecule has 2 aromatic carbocycles. The molecule has 0 aliphatic heterocycles. The van der Waals surface area contributed by atoms with Gasteiger partial charge in [0.05, 0.1) is 25.3 Å². The van der Waals surface area contributed by atoms with E-state index in [0.717, 1.165) is 5.56 Å². The van der Waals surface area contributed by atoms with Crippen LogP contribution in [0, 0.1) is 0 Å². The SMILES string of the molecule is COc1cc(C(=O)NC(C)c2ccccc2)cc(Cl)c1OC. The van der Waals surface area contributed by atoms with Gasteiger partial charge >= 0.3 is 0 Å². The van der Waals surface area contributed by atoms with Crippen LogP contribution in [-0.4, -0.2) is 20.1 Å². The molecule has 0 aliphatic rings. The van der Waals surface area contributed by atoms with Gasteiger partial charge in [0, 0.05) is 5.56 Å². The summed E-state index contributed by atoms with van der Waals surface area (Å²) < 4.78 is 10.4. The van der Waals surface area contributed by atoms with Gasteiger partial charge < -0.3 is 14.8 Å². The van der Waals surface area contributed by atoms with Crippen molar-refractivity contribution in [3.63, 3.8) is 0 Å². The molecule has 1 amide bonds. The van der Waals surface area contributed by atoms with Crippen LogP contribution in [0.15, 0.2) is 42.5 Å². The molecule has 1 unspecified atom stereocenters. The van der Waals surface area contributed by atoms with Crippen molar-refractivity contribution < 1.29 is 14.3 Å². The van der Waals surface area contributed by atoms with Crippen LogP contribution >= 0.6 is 11.6 Å². The second kappa shape index (κ2) is 7.18. The molecule has 116 valence electrons. The molecule has 5 heteroatoms. The molecular formula is C17H18ClNO3. The molecule has 1 N–H and O–H groups in total. The van der Waals surface area contributed by atoms with Crippen LogP contribution in [0.5, 0.6) is 11.5 Å². The summed E-state index contributed by atoms with van der Waals surface area (Å²) in [5, 5.41) is 3.27. The highest BCUT2D eigenvalue weighted by atomic mass is 35.5. The zero-order chi connectivity index (χ0) is 16.1. The normalized spacial score (nSPS) is 11.6. The van der Waals surface area contributed by atoms with Crippen LogP contribution in [0.3, 0.4) is 0 Å². The average molecular weight is 320 g/mol. The lowest BCUT2D eigenvalue weighted by atomic mass is 10.1. The molecule has 0 fully saturated rings. The van der Waals surface area contributed by atoms with Crippen LogP contribution in [0.4, 0.5) is 0 Å². The first kappa shape index (κ1) is 16.2. The molecule has 0 spiro atoms. The highest BCUT2D eigenvalue weighted by molar-refractivity contribution is 6.32. The van der Waals surface area contributed by atoms with Crippen LogP contribution in [-0.2, 0) is 0 Å². The minimum Gasteiger partial charge on any atom is -0.493 e. The van der Waals surface area contributed by atoms with Gasteiger partial charge in [0.2, 0.25) is 0 Å². The molecule has 0 saturated carbocycles. The Bertz CT molecular complexity index is 658. The lowest BCUT2D eigenvalue weighted by molar-refractivity contribution is 0.0939. The molecular weight excluding hydrogens is 302 g/mol. The molecule has 1 atom stereocenters. The number of halogens is 1. The van der Waals surface area contributed by atoms with E-state index >= 15 is 0 Å². The van der Waals surface area contributed by atoms with Gasteiger partial charge in [0.15, 0.2) is 11.5 Å². The summed E-state index contributed by atoms with van der Waals surface area (Å²) in [6.07, 6.45) is 0. The fraction of sp³-hybridized carbons (Fsp3) is 0.235. The number of ether oxygens (including phenoxy) is 2. The fourth-order valence-corrected chi connectivity index (χ4v) is 2.44. The third-order valence-corrected chi connectivity index (χ3v) is 3.62. The molecule has 0 radical (unpaired) electrons. The van der Waals surface area contributed by atoms with E-state index < -0.39 is 0 Å². The highest BCUT2D eigenvalue weighted by Crippen LogP contribution is 2.36. The second-order valence-corrected chi connectivity index (χ2v) is 5.21. The first-order valence-electron chi connectivity index (χ1n) is 6.84. The van der Waals surface area contributed by atoms with Crippen molar-refractivity contribution >= 4 is 17.5 Å². The van der Waals surface area contributed by atoms with Gasteiger partial charge in [-0.2, -0.15) is 0 Å². The number of amides is 1. The minimum absolute atomic E-state index is 0.111. The molecule has 0 aromatic heterocycles. The number of benzene rings is 2. The molecule has 0 heterocycles. The van der Waals surface area contributed by atoms with E-state index in [1.54, 1.807) is 12.1 Å². The highest BCUT2D eigenvalue weighted by Gasteiger charge is 2.17. The zero-order valence-corrected chi connectivity index (χ0v) is 13.5. The van der Waals surface area contributed by atoms with Crippen molar-refractivity contribution in [2.24, 2.45) is 0 Å². The van der Waals surface area contributed by atoms with Gasteiger partial charge in [-0.15, -0.1) is 0 Å². The van der Waals surface area contributed by atoms with Crippen molar-refractivity contribution in [2.75, 3.05) is 14.2 Å². The van der Waals surface area contributed by atoms with E-state index in [0.29, 0.717) is 22.1 Å². The first-order valence-corrected chi connectivity index (χ1v) is 7.22. The largest absolute Gasteiger partial charge is 0.493 e. The van der Waals surface area contributed by atoms with E-state index in [-0.39, 0.29) is 11.9 Å². The van der Waals surface area contributed by atoms with Gasteiger partial charge in [-0.3, -0.25) is 4.79 Å². The molecule has 0 bridgehead atoms. The Balaban J connectivity index is 2.21. The average Bonchev–Trinajstić information content (AvgIpc) is 2.54. The smallest absolute Gasteiger partial charge is 0.251 e. The molecule has 0 aliphatic carbocycles. The van der Waals surface area contributed by atoms with Crippen LogP contribution in [0.1, 0.15) is 28.9 Å². The van der Waals surface area contributed by atoms with E-state index in [1.807, 2.05) is 37.3 Å². The maximum absolute atomic E-state index is 12.4. The molecule has 22 heavy (non-hydrogen) atoms. The molecule has 2 aromatic rings. The number of methoxy groups -OCH3 is 2. The monoisotopic (exact) mass is 319 g/mol. The Morgan fingerprint density at radius 3 is 2.41 bits per heavy atom. The summed E-state index contributed by atoms with van der Waals surface area (Å²) in [5.41, 5.74) is 1.45. The van der Waals surface area contributed by atoms with Crippen LogP contribution in [0.2, 0.25) is 5.02 Å². The van der Waals surface area contributed by atoms with Gasteiger partial charge in [-0.05, 0) is 24.6 Å². The topological polar surface area (TPSA) is 47.6 Å². The predicted octanol–water partition coefficient (Wildman–Crippen LogP) is 3.85. The van der Waals surface area contributed by atoms with Crippen molar-refractivity contribution in [1.82, 2.24) is 5.32 Å². The number of nitrogens with one attached hydrogen (secondary N) is 1. The third kappa shape index (κ3) is 3.52. The fourth-order valence-electron chi connectivity index (χ4n) is 2.15. The van der Waals surface area contributed by atoms with Crippen molar-refractivity contribution in [1.29, 1.82) is 0 Å². The standard InChI is InChI=1S/C17H18ClNO3/c1-11(12-7-5-4-6-8-12)19-17(20)13-9-14(18)16(22-3)15(10-13)21-2/h4-11H,1-3H3,(H,19,20). The quantitative estimate of drug-likeness (QED) is 0.910. The van der Waals surface area contributed by atoms with E-state index in [9.17, 15) is 4.79 Å². The van der Waals surface area contributed by atoms with E-state index in [2.05, 4.69) is 5.32 Å². The van der Waals surface area contributed by atoms with Crippen LogP contribution in [0.25, 0.3) is 0 Å². The number of hydrogen-bond acceptors (Lipinski definition) is 3. The number of rotatable bonds is 5. The Morgan fingerprint density at radius 1 is 1.14 bits per heavy atom. The lowest BCUT2D eigenvalue weighted by Crippen LogP contribution is -2.26. The Labute approximate surface area is 135 Å². The zero-order valence-electron chi connectivity index (χ0n) is 12.7. The van der Waals surface area contributed by atoms with Gasteiger partial charge in [-0.1, -0.05) is 41.9 Å². The summed E-state index contributed by atoms with van der Waals surface area (Å²) >= 11 is 6.13. The second-order valence-electron chi connectivity index (χ2n) is 4.80. The first-order chi connectivity index (χ1) is 10.6. The van der Waals surface area contributed by atoms with Crippen molar-refractivity contribution in [2.45, 2.75) is 13.0 Å².